The van der Waals surface area contributed by atoms with E-state index in [0.29, 0.717) is 18.6 Å². The van der Waals surface area contributed by atoms with Crippen molar-refractivity contribution < 1.29 is 9.90 Å². The number of nitrogens with zero attached hydrogens (tertiary/aromatic N) is 1. The third-order valence-corrected chi connectivity index (χ3v) is 4.10. The highest BCUT2D eigenvalue weighted by Crippen LogP contribution is 2.41. The van der Waals surface area contributed by atoms with Gasteiger partial charge < -0.3 is 5.11 Å². The van der Waals surface area contributed by atoms with Crippen LogP contribution in [0.4, 0.5) is 0 Å². The van der Waals surface area contributed by atoms with Gasteiger partial charge in [-0.25, -0.2) is 0 Å². The van der Waals surface area contributed by atoms with Crippen LogP contribution in [-0.2, 0) is 11.2 Å². The molecule has 3 nitrogen and oxygen atoms in total. The number of carboxylic acids is 1. The second-order valence-corrected chi connectivity index (χ2v) is 5.37. The Morgan fingerprint density at radius 3 is 2.78 bits per heavy atom. The summed E-state index contributed by atoms with van der Waals surface area (Å²) in [5.41, 5.74) is 2.87. The fourth-order valence-electron chi connectivity index (χ4n) is 3.10. The second kappa shape index (κ2) is 4.73. The normalized spacial score (nSPS) is 22.2. The van der Waals surface area contributed by atoms with Crippen LogP contribution in [0.3, 0.4) is 0 Å². The van der Waals surface area contributed by atoms with E-state index >= 15 is 0 Å². The Morgan fingerprint density at radius 2 is 2.06 bits per heavy atom. The number of hydrogen-bond donors (Lipinski definition) is 1. The van der Waals surface area contributed by atoms with Crippen LogP contribution >= 0.6 is 0 Å². The predicted molar refractivity (Wildman–Crippen MR) is 69.5 cm³/mol. The molecule has 0 aromatic heterocycles. The zero-order chi connectivity index (χ0) is 12.5. The van der Waals surface area contributed by atoms with Crippen LogP contribution in [-0.4, -0.2) is 28.6 Å². The summed E-state index contributed by atoms with van der Waals surface area (Å²) < 4.78 is 0. The van der Waals surface area contributed by atoms with Crippen LogP contribution in [0.15, 0.2) is 24.3 Å². The predicted octanol–water partition coefficient (Wildman–Crippen LogP) is 2.61. The van der Waals surface area contributed by atoms with Gasteiger partial charge in [-0.3, -0.25) is 9.69 Å². The summed E-state index contributed by atoms with van der Waals surface area (Å²) in [7, 11) is 0. The standard InChI is InChI=1S/C15H19NO2/c17-15(18)9-10-16(12-6-7-12)14-8-5-11-3-1-2-4-13(11)14/h1-4,12,14H,5-10H2,(H,17,18). The molecule has 1 atom stereocenters. The maximum Gasteiger partial charge on any atom is 0.304 e. The van der Waals surface area contributed by atoms with E-state index in [4.69, 9.17) is 5.11 Å². The number of fused-ring (bicyclic) bond motifs is 1. The molecule has 2 aliphatic carbocycles. The van der Waals surface area contributed by atoms with Crippen molar-refractivity contribution in [2.24, 2.45) is 0 Å². The molecule has 3 rings (SSSR count). The van der Waals surface area contributed by atoms with Crippen LogP contribution < -0.4 is 0 Å². The van der Waals surface area contributed by atoms with Crippen LogP contribution in [0.25, 0.3) is 0 Å². The minimum absolute atomic E-state index is 0.259. The van der Waals surface area contributed by atoms with Gasteiger partial charge in [-0.05, 0) is 36.8 Å². The molecule has 1 fully saturated rings. The Labute approximate surface area is 107 Å². The van der Waals surface area contributed by atoms with Gasteiger partial charge in [0.05, 0.1) is 6.42 Å². The highest BCUT2D eigenvalue weighted by Gasteiger charge is 2.37. The molecule has 18 heavy (non-hydrogen) atoms. The van der Waals surface area contributed by atoms with Crippen LogP contribution in [0.5, 0.6) is 0 Å². The molecule has 1 aromatic rings. The van der Waals surface area contributed by atoms with Gasteiger partial charge in [0, 0.05) is 18.6 Å². The molecule has 0 amide bonds. The summed E-state index contributed by atoms with van der Waals surface area (Å²) in [5.74, 6) is -0.688. The number of rotatable bonds is 5. The number of hydrogen-bond acceptors (Lipinski definition) is 2. The van der Waals surface area contributed by atoms with Crippen LogP contribution in [0, 0.1) is 0 Å². The van der Waals surface area contributed by atoms with Crippen molar-refractivity contribution in [3.8, 4) is 0 Å². The Bertz CT molecular complexity index is 454. The lowest BCUT2D eigenvalue weighted by Crippen LogP contribution is -2.31. The quantitative estimate of drug-likeness (QED) is 0.867. The lowest BCUT2D eigenvalue weighted by molar-refractivity contribution is -0.137. The van der Waals surface area contributed by atoms with Crippen molar-refractivity contribution in [1.29, 1.82) is 0 Å². The first-order valence-corrected chi connectivity index (χ1v) is 6.81. The molecule has 0 spiro atoms. The van der Waals surface area contributed by atoms with Crippen molar-refractivity contribution in [2.75, 3.05) is 6.54 Å². The topological polar surface area (TPSA) is 40.5 Å². The number of carbonyl (C=O) groups is 1. The molecule has 2 aliphatic rings. The molecule has 1 saturated carbocycles. The molecule has 0 saturated heterocycles. The molecule has 0 bridgehead atoms. The number of aryl methyl sites for hydroxylation is 1. The van der Waals surface area contributed by atoms with Gasteiger partial charge >= 0.3 is 5.97 Å². The smallest absolute Gasteiger partial charge is 0.304 e. The Hall–Kier alpha value is -1.35. The molecular formula is C15H19NO2. The van der Waals surface area contributed by atoms with Gasteiger partial charge in [0.1, 0.15) is 0 Å². The van der Waals surface area contributed by atoms with E-state index < -0.39 is 5.97 Å². The van der Waals surface area contributed by atoms with Gasteiger partial charge in [-0.2, -0.15) is 0 Å². The van der Waals surface area contributed by atoms with E-state index in [2.05, 4.69) is 29.2 Å². The highest BCUT2D eigenvalue weighted by atomic mass is 16.4. The largest absolute Gasteiger partial charge is 0.481 e. The fraction of sp³-hybridized carbons (Fsp3) is 0.533. The third kappa shape index (κ3) is 2.27. The first-order valence-electron chi connectivity index (χ1n) is 6.81. The lowest BCUT2D eigenvalue weighted by Gasteiger charge is -2.29. The van der Waals surface area contributed by atoms with E-state index in [-0.39, 0.29) is 6.42 Å². The van der Waals surface area contributed by atoms with E-state index in [1.165, 1.54) is 24.0 Å². The van der Waals surface area contributed by atoms with E-state index in [9.17, 15) is 4.79 Å². The number of aliphatic carboxylic acids is 1. The minimum Gasteiger partial charge on any atom is -0.481 e. The SMILES string of the molecule is O=C(O)CCN(C1CC1)C1CCc2ccccc21. The van der Waals surface area contributed by atoms with Gasteiger partial charge in [0.2, 0.25) is 0 Å². The van der Waals surface area contributed by atoms with E-state index in [1.54, 1.807) is 0 Å². The molecule has 1 N–H and O–H groups in total. The van der Waals surface area contributed by atoms with Crippen LogP contribution in [0.1, 0.15) is 42.9 Å². The summed E-state index contributed by atoms with van der Waals surface area (Å²) in [6.07, 6.45) is 5.01. The fourth-order valence-corrected chi connectivity index (χ4v) is 3.10. The average molecular weight is 245 g/mol. The molecule has 1 aromatic carbocycles. The average Bonchev–Trinajstić information content (AvgIpc) is 3.10. The van der Waals surface area contributed by atoms with Gasteiger partial charge in [0.25, 0.3) is 0 Å². The number of benzene rings is 1. The zero-order valence-electron chi connectivity index (χ0n) is 10.5. The highest BCUT2D eigenvalue weighted by molar-refractivity contribution is 5.66. The van der Waals surface area contributed by atoms with Crippen molar-refractivity contribution in [1.82, 2.24) is 4.90 Å². The van der Waals surface area contributed by atoms with Crippen molar-refractivity contribution in [2.45, 2.75) is 44.2 Å². The van der Waals surface area contributed by atoms with Gasteiger partial charge in [0.15, 0.2) is 0 Å². The molecule has 0 radical (unpaired) electrons. The van der Waals surface area contributed by atoms with Crippen molar-refractivity contribution >= 4 is 5.97 Å². The van der Waals surface area contributed by atoms with Crippen molar-refractivity contribution in [3.05, 3.63) is 35.4 Å². The first-order chi connectivity index (χ1) is 8.75. The molecule has 1 unspecified atom stereocenters. The summed E-state index contributed by atoms with van der Waals surface area (Å²) in [4.78, 5) is 13.2. The second-order valence-electron chi connectivity index (χ2n) is 5.37. The molecular weight excluding hydrogens is 226 g/mol. The maximum absolute atomic E-state index is 10.8. The Balaban J connectivity index is 1.77. The molecule has 96 valence electrons. The van der Waals surface area contributed by atoms with Crippen LogP contribution in [0.2, 0.25) is 0 Å². The van der Waals surface area contributed by atoms with Crippen molar-refractivity contribution in [3.63, 3.8) is 0 Å². The van der Waals surface area contributed by atoms with E-state index in [1.807, 2.05) is 0 Å². The summed E-state index contributed by atoms with van der Waals surface area (Å²) in [6, 6.07) is 9.69. The Kier molecular flexibility index (Phi) is 3.08. The first kappa shape index (κ1) is 11.7. The third-order valence-electron chi connectivity index (χ3n) is 4.10. The lowest BCUT2D eigenvalue weighted by atomic mass is 10.1. The molecule has 0 aliphatic heterocycles. The summed E-state index contributed by atoms with van der Waals surface area (Å²) in [5, 5.41) is 8.88. The molecule has 0 heterocycles. The monoisotopic (exact) mass is 245 g/mol. The van der Waals surface area contributed by atoms with Gasteiger partial charge in [-0.15, -0.1) is 0 Å². The Morgan fingerprint density at radius 1 is 1.28 bits per heavy atom. The maximum atomic E-state index is 10.8. The zero-order valence-corrected chi connectivity index (χ0v) is 10.5. The van der Waals surface area contributed by atoms with Gasteiger partial charge in [-0.1, -0.05) is 24.3 Å². The minimum atomic E-state index is -0.688. The number of carboxylic acid groups (broad SMARTS) is 1. The van der Waals surface area contributed by atoms with E-state index in [0.717, 1.165) is 12.8 Å². The summed E-state index contributed by atoms with van der Waals surface area (Å²) >= 11 is 0. The summed E-state index contributed by atoms with van der Waals surface area (Å²) in [6.45, 7) is 0.693. The molecule has 3 heteroatoms.